The van der Waals surface area contributed by atoms with Crippen LogP contribution in [0.25, 0.3) is 16.5 Å². The second kappa shape index (κ2) is 18.1. The van der Waals surface area contributed by atoms with E-state index in [0.29, 0.717) is 42.8 Å². The first-order chi connectivity index (χ1) is 30.8. The van der Waals surface area contributed by atoms with Crippen molar-refractivity contribution in [3.8, 4) is 11.5 Å². The Labute approximate surface area is 386 Å². The fourth-order valence-electron chi connectivity index (χ4n) is 10.0. The zero-order valence-corrected chi connectivity index (χ0v) is 39.6. The third kappa shape index (κ3) is 9.48. The zero-order chi connectivity index (χ0) is 46.4. The number of piperidine rings is 1. The number of sulfonamides is 1. The Morgan fingerprint density at radius 2 is 1.68 bits per heavy atom. The Kier molecular flexibility index (Phi) is 12.8. The fourth-order valence-corrected chi connectivity index (χ4v) is 11.3. The van der Waals surface area contributed by atoms with Gasteiger partial charge in [0.25, 0.3) is 21.6 Å². The molecule has 1 aliphatic carbocycles. The molecule has 16 heteroatoms. The molecule has 344 valence electrons. The molecule has 4 N–H and O–H groups in total. The number of piperazine rings is 1. The van der Waals surface area contributed by atoms with E-state index in [1.165, 1.54) is 22.8 Å². The van der Waals surface area contributed by atoms with Gasteiger partial charge in [0.15, 0.2) is 0 Å². The Bertz CT molecular complexity index is 2770. The lowest BCUT2D eigenvalue weighted by atomic mass is 9.72. The molecule has 0 saturated carbocycles. The number of nitrogen functional groups attached to an aromatic ring is 1. The number of hydrogen-bond acceptors (Lipinski definition) is 11. The van der Waals surface area contributed by atoms with E-state index < -0.39 is 42.7 Å². The molecule has 65 heavy (non-hydrogen) atoms. The number of aryl methyl sites for hydroxylation is 1. The van der Waals surface area contributed by atoms with Crippen LogP contribution >= 0.6 is 11.6 Å². The second-order valence-electron chi connectivity index (χ2n) is 19.0. The highest BCUT2D eigenvalue weighted by Gasteiger charge is 2.45. The lowest BCUT2D eigenvalue weighted by Gasteiger charge is -2.46. The minimum atomic E-state index is -4.74. The number of H-pyrrole nitrogens is 1. The number of aromatic amines is 1. The van der Waals surface area contributed by atoms with E-state index in [0.717, 1.165) is 73.6 Å². The number of nitrogens with one attached hydrogen (secondary N) is 2. The van der Waals surface area contributed by atoms with Gasteiger partial charge in [-0.2, -0.15) is 0 Å². The van der Waals surface area contributed by atoms with Crippen LogP contribution in [-0.4, -0.2) is 106 Å². The van der Waals surface area contributed by atoms with Crippen molar-refractivity contribution in [3.05, 3.63) is 122 Å². The van der Waals surface area contributed by atoms with E-state index in [9.17, 15) is 23.3 Å². The summed E-state index contributed by atoms with van der Waals surface area (Å²) in [5.41, 5.74) is 11.5. The number of nitrogens with zero attached hydrogens (tertiary/aromatic N) is 5. The number of hydrogen-bond donors (Lipinski definition) is 3. The summed E-state index contributed by atoms with van der Waals surface area (Å²) >= 11 is 6.26. The predicted molar refractivity (Wildman–Crippen MR) is 258 cm³/mol. The van der Waals surface area contributed by atoms with E-state index >= 15 is 0 Å². The summed E-state index contributed by atoms with van der Waals surface area (Å²) in [6.07, 6.45) is 6.17. The molecule has 0 spiro atoms. The molecule has 3 heterocycles. The Hall–Kier alpha value is -5.45. The highest BCUT2D eigenvalue weighted by Crippen LogP contribution is 2.48. The van der Waals surface area contributed by atoms with E-state index in [4.69, 9.17) is 22.1 Å². The number of carbonyl (C=O) groups excluding carboxylic acids is 1. The van der Waals surface area contributed by atoms with Gasteiger partial charge in [-0.15, -0.1) is 0 Å². The maximum atomic E-state index is 14.2. The minimum Gasteiger partial charge on any atom is -0.456 e. The molecule has 14 nitrogen and oxygen atoms in total. The number of rotatable bonds is 12. The van der Waals surface area contributed by atoms with Gasteiger partial charge in [-0.3, -0.25) is 24.7 Å². The van der Waals surface area contributed by atoms with Gasteiger partial charge >= 0.3 is 0 Å². The summed E-state index contributed by atoms with van der Waals surface area (Å²) in [5.74, 6) is -0.370. The van der Waals surface area contributed by atoms with Crippen molar-refractivity contribution in [1.29, 1.82) is 0 Å². The van der Waals surface area contributed by atoms with Gasteiger partial charge in [-0.05, 0) is 150 Å². The molecule has 5 aromatic rings. The molecule has 1 amide bonds. The molecule has 2 fully saturated rings. The lowest BCUT2D eigenvalue weighted by Crippen LogP contribution is -2.50. The summed E-state index contributed by atoms with van der Waals surface area (Å²) < 4.78 is 37.0. The standard InChI is InChI=1S/C49H59ClN8O6S/c1-32-27-43(45(51)46(58(60)61)44(32)49(54(4)5)18-21-55(6)22-19-49)65(62,63)53-47(59)39-13-11-37(29-42(39)64-38-12-14-41-34(28-38)16-20-52-41)57-25-23-56(24-26-57)31-35-15-17-48(2,3)30-40(35)33-7-9-36(50)10-8-33/h7-14,16,20,27-29,52H,15,17-19,21-26,30-31,51H2,1-6H3,(H,53,59). The third-order valence-corrected chi connectivity index (χ3v) is 15.4. The van der Waals surface area contributed by atoms with Gasteiger partial charge < -0.3 is 25.3 Å². The number of nitro benzene ring substituents is 1. The molecular formula is C49H59ClN8O6S. The largest absolute Gasteiger partial charge is 0.456 e. The first-order valence-corrected chi connectivity index (χ1v) is 24.0. The van der Waals surface area contributed by atoms with Gasteiger partial charge in [-0.25, -0.2) is 13.1 Å². The highest BCUT2D eigenvalue weighted by atomic mass is 35.5. The maximum Gasteiger partial charge on any atom is 0.298 e. The smallest absolute Gasteiger partial charge is 0.298 e. The lowest BCUT2D eigenvalue weighted by molar-refractivity contribution is -0.385. The molecule has 0 bridgehead atoms. The number of amides is 1. The fraction of sp³-hybridized carbons (Fsp3) is 0.408. The number of anilines is 2. The van der Waals surface area contributed by atoms with Crippen LogP contribution in [0.5, 0.6) is 11.5 Å². The van der Waals surface area contributed by atoms with E-state index in [1.807, 2.05) is 62.6 Å². The number of nitro groups is 1. The summed E-state index contributed by atoms with van der Waals surface area (Å²) in [7, 11) is 0.991. The highest BCUT2D eigenvalue weighted by molar-refractivity contribution is 7.90. The Morgan fingerprint density at radius 3 is 2.35 bits per heavy atom. The van der Waals surface area contributed by atoms with E-state index in [1.54, 1.807) is 31.2 Å². The molecular weight excluding hydrogens is 864 g/mol. The molecule has 1 aromatic heterocycles. The number of nitrogens with two attached hydrogens (primary N) is 1. The molecule has 4 aromatic carbocycles. The maximum absolute atomic E-state index is 14.2. The monoisotopic (exact) mass is 922 g/mol. The summed E-state index contributed by atoms with van der Waals surface area (Å²) in [4.78, 5) is 37.9. The average Bonchev–Trinajstić information content (AvgIpc) is 3.73. The number of fused-ring (bicyclic) bond motifs is 1. The molecule has 8 rings (SSSR count). The molecule has 3 aliphatic rings. The van der Waals surface area contributed by atoms with Gasteiger partial charge in [0.1, 0.15) is 22.1 Å². The van der Waals surface area contributed by atoms with Crippen molar-refractivity contribution < 1.29 is 22.9 Å². The number of carbonyl (C=O) groups is 1. The topological polar surface area (TPSA) is 170 Å². The third-order valence-electron chi connectivity index (χ3n) is 13.8. The molecule has 2 aliphatic heterocycles. The number of allylic oxidation sites excluding steroid dienone is 1. The van der Waals surface area contributed by atoms with Crippen LogP contribution in [0, 0.1) is 22.5 Å². The number of aromatic nitrogens is 1. The predicted octanol–water partition coefficient (Wildman–Crippen LogP) is 8.80. The van der Waals surface area contributed by atoms with E-state index in [2.05, 4.69) is 50.4 Å². The van der Waals surface area contributed by atoms with Crippen molar-refractivity contribution in [3.63, 3.8) is 0 Å². The Morgan fingerprint density at radius 1 is 0.969 bits per heavy atom. The average molecular weight is 924 g/mol. The van der Waals surface area contributed by atoms with Crippen LogP contribution in [0.1, 0.15) is 73.0 Å². The normalized spacial score (nSPS) is 18.3. The van der Waals surface area contributed by atoms with Crippen LogP contribution in [0.15, 0.2) is 89.5 Å². The van der Waals surface area contributed by atoms with Crippen molar-refractivity contribution in [2.45, 2.75) is 63.3 Å². The van der Waals surface area contributed by atoms with Gasteiger partial charge in [0.2, 0.25) is 0 Å². The molecule has 0 atom stereocenters. The Balaban J connectivity index is 1.06. The van der Waals surface area contributed by atoms with Crippen molar-refractivity contribution in [1.82, 2.24) is 24.4 Å². The molecule has 2 saturated heterocycles. The number of likely N-dealkylation sites (tertiary alicyclic amines) is 1. The molecule has 0 radical (unpaired) electrons. The SMILES string of the molecule is Cc1cc(S(=O)(=O)NC(=O)c2ccc(N3CCN(CC4=C(c5ccc(Cl)cc5)CC(C)(C)CC4)CC3)cc2Oc2ccc3[nH]ccc3c2)c(N)c([N+](=O)[O-])c1C1(N(C)C)CCN(C)CC1. The quantitative estimate of drug-likeness (QED) is 0.0621. The zero-order valence-electron chi connectivity index (χ0n) is 38.0. The van der Waals surface area contributed by atoms with Gasteiger partial charge in [-0.1, -0.05) is 43.2 Å². The number of ether oxygens (including phenoxy) is 1. The first-order valence-electron chi connectivity index (χ1n) is 22.2. The van der Waals surface area contributed by atoms with Crippen LogP contribution in [0.2, 0.25) is 5.02 Å². The number of halogens is 1. The van der Waals surface area contributed by atoms with Crippen LogP contribution in [0.3, 0.4) is 0 Å². The van der Waals surface area contributed by atoms with Gasteiger partial charge in [0, 0.05) is 66.6 Å². The summed E-state index contributed by atoms with van der Waals surface area (Å²) in [6, 6.07) is 22.0. The summed E-state index contributed by atoms with van der Waals surface area (Å²) in [6.45, 7) is 11.7. The first kappa shape index (κ1) is 46.1. The van der Waals surface area contributed by atoms with Crippen molar-refractivity contribution >= 4 is 61.1 Å². The second-order valence-corrected chi connectivity index (χ2v) is 21.0. The van der Waals surface area contributed by atoms with Crippen LogP contribution in [-0.2, 0) is 15.6 Å². The van der Waals surface area contributed by atoms with Crippen LogP contribution in [0.4, 0.5) is 17.1 Å². The summed E-state index contributed by atoms with van der Waals surface area (Å²) in [5, 5.41) is 14.4. The minimum absolute atomic E-state index is 0.0358. The number of benzene rings is 4. The van der Waals surface area contributed by atoms with Crippen molar-refractivity contribution in [2.24, 2.45) is 5.41 Å². The van der Waals surface area contributed by atoms with Crippen LogP contribution < -0.4 is 20.1 Å². The van der Waals surface area contributed by atoms with Gasteiger partial charge in [0.05, 0.1) is 21.6 Å². The molecule has 0 unspecified atom stereocenters. The van der Waals surface area contributed by atoms with E-state index in [-0.39, 0.29) is 16.7 Å². The van der Waals surface area contributed by atoms with Crippen molar-refractivity contribution in [2.75, 3.05) is 77.6 Å².